The van der Waals surface area contributed by atoms with E-state index < -0.39 is 11.9 Å². The van der Waals surface area contributed by atoms with Gasteiger partial charge in [-0.15, -0.1) is 12.1 Å². The number of ether oxygens (including phenoxy) is 1. The molecule has 0 unspecified atom stereocenters. The Morgan fingerprint density at radius 2 is 1.94 bits per heavy atom. The number of hydrogen-bond acceptors (Lipinski definition) is 4. The van der Waals surface area contributed by atoms with Gasteiger partial charge in [-0.05, 0) is 25.1 Å². The number of alkyl halides is 3. The smallest absolute Gasteiger partial charge is 0.431 e. The van der Waals surface area contributed by atoms with Crippen LogP contribution >= 0.6 is 0 Å². The number of nitrogens with zero attached hydrogens (tertiary/aromatic N) is 5. The van der Waals surface area contributed by atoms with Gasteiger partial charge >= 0.3 is 6.18 Å². The molecular formula is C21H17F4IrN5O-2. The summed E-state index contributed by atoms with van der Waals surface area (Å²) >= 11 is 0. The van der Waals surface area contributed by atoms with Crippen LogP contribution in [0.15, 0.2) is 54.9 Å². The number of hydrogen-bond donors (Lipinski definition) is 0. The average molecular weight is 624 g/mol. The van der Waals surface area contributed by atoms with Gasteiger partial charge in [0.1, 0.15) is 5.69 Å². The molecule has 0 atom stereocenters. The van der Waals surface area contributed by atoms with Crippen molar-refractivity contribution < 1.29 is 42.4 Å². The van der Waals surface area contributed by atoms with Crippen molar-refractivity contribution in [3.8, 4) is 28.4 Å². The molecule has 171 valence electrons. The van der Waals surface area contributed by atoms with Crippen molar-refractivity contribution in [3.05, 3.63) is 72.4 Å². The van der Waals surface area contributed by atoms with Gasteiger partial charge in [0, 0.05) is 62.5 Å². The van der Waals surface area contributed by atoms with E-state index >= 15 is 0 Å². The van der Waals surface area contributed by atoms with Crippen molar-refractivity contribution in [2.75, 3.05) is 6.61 Å². The monoisotopic (exact) mass is 624 g/mol. The largest absolute Gasteiger partial charge is 0.573 e. The van der Waals surface area contributed by atoms with E-state index in [1.807, 2.05) is 26.2 Å². The maximum Gasteiger partial charge on any atom is 0.431 e. The molecule has 3 heterocycles. The summed E-state index contributed by atoms with van der Waals surface area (Å²) in [7, 11) is 1.83. The predicted molar refractivity (Wildman–Crippen MR) is 104 cm³/mol. The van der Waals surface area contributed by atoms with Crippen LogP contribution in [0, 0.1) is 11.9 Å². The zero-order valence-electron chi connectivity index (χ0n) is 16.9. The molecule has 6 nitrogen and oxygen atoms in total. The zero-order chi connectivity index (χ0) is 22.4. The fourth-order valence-corrected chi connectivity index (χ4v) is 2.54. The maximum atomic E-state index is 13.1. The van der Waals surface area contributed by atoms with E-state index in [0.29, 0.717) is 23.6 Å². The molecule has 3 aromatic heterocycles. The summed E-state index contributed by atoms with van der Waals surface area (Å²) in [5.74, 6) is 0.115. The second-order valence-electron chi connectivity index (χ2n) is 6.19. The minimum atomic E-state index is -4.46. The standard InChI is InChI=1S/C12H12FN2O.C9H5F3N3.Ir/c1-3-16-12-8-9(13)4-5-10(12)11-6-7-15(2)14-11;10-9(11,12)8-5-7(14-15-8)6-3-1-2-4-13-6;/h4,6-8H,3H2,1-2H3;1-5H;/q2*-1;. The Bertz CT molecular complexity index is 1130. The maximum absolute atomic E-state index is 13.1. The third-order valence-corrected chi connectivity index (χ3v) is 3.90. The van der Waals surface area contributed by atoms with E-state index in [0.717, 1.165) is 11.8 Å². The number of pyridine rings is 1. The summed E-state index contributed by atoms with van der Waals surface area (Å²) in [6.45, 7) is 2.34. The molecule has 4 rings (SSSR count). The Kier molecular flexibility index (Phi) is 8.68. The van der Waals surface area contributed by atoms with E-state index in [-0.39, 0.29) is 31.6 Å². The van der Waals surface area contributed by atoms with Crippen LogP contribution in [-0.4, -0.2) is 26.5 Å². The van der Waals surface area contributed by atoms with Gasteiger partial charge in [-0.25, -0.2) is 5.10 Å². The summed E-state index contributed by atoms with van der Waals surface area (Å²) in [4.78, 5) is 3.87. The van der Waals surface area contributed by atoms with Gasteiger partial charge in [-0.2, -0.15) is 13.2 Å². The average Bonchev–Trinajstić information content (AvgIpc) is 3.39. The van der Waals surface area contributed by atoms with Crippen LogP contribution in [0.2, 0.25) is 0 Å². The quantitative estimate of drug-likeness (QED) is 0.247. The fourth-order valence-electron chi connectivity index (χ4n) is 2.54. The van der Waals surface area contributed by atoms with Crippen LogP contribution in [0.1, 0.15) is 12.6 Å². The predicted octanol–water partition coefficient (Wildman–Crippen LogP) is 4.54. The van der Waals surface area contributed by atoms with Crippen LogP contribution in [-0.2, 0) is 33.3 Å². The van der Waals surface area contributed by atoms with Gasteiger partial charge in [0.05, 0.1) is 6.61 Å². The van der Waals surface area contributed by atoms with Crippen molar-refractivity contribution in [3.63, 3.8) is 0 Å². The third kappa shape index (κ3) is 6.48. The first kappa shape index (κ1) is 25.2. The minimum Gasteiger partial charge on any atom is -0.573 e. The molecule has 0 N–H and O–H groups in total. The summed E-state index contributed by atoms with van der Waals surface area (Å²) < 4.78 is 56.7. The fraction of sp³-hybridized carbons (Fsp3) is 0.190. The molecule has 0 saturated carbocycles. The van der Waals surface area contributed by atoms with Crippen molar-refractivity contribution in [2.24, 2.45) is 7.05 Å². The number of benzene rings is 1. The molecular weight excluding hydrogens is 606 g/mol. The van der Waals surface area contributed by atoms with Crippen molar-refractivity contribution >= 4 is 0 Å². The normalized spacial score (nSPS) is 10.7. The van der Waals surface area contributed by atoms with E-state index in [4.69, 9.17) is 4.74 Å². The summed E-state index contributed by atoms with van der Waals surface area (Å²) in [6, 6.07) is 13.1. The third-order valence-electron chi connectivity index (χ3n) is 3.90. The Morgan fingerprint density at radius 3 is 2.50 bits per heavy atom. The molecule has 0 spiro atoms. The van der Waals surface area contributed by atoms with Crippen LogP contribution in [0.25, 0.3) is 22.6 Å². The van der Waals surface area contributed by atoms with E-state index in [9.17, 15) is 17.6 Å². The van der Waals surface area contributed by atoms with Crippen molar-refractivity contribution in [2.45, 2.75) is 13.1 Å². The zero-order valence-corrected chi connectivity index (χ0v) is 19.3. The van der Waals surface area contributed by atoms with Gasteiger partial charge in [0.15, 0.2) is 0 Å². The van der Waals surface area contributed by atoms with Gasteiger partial charge in [-0.3, -0.25) is 14.1 Å². The summed E-state index contributed by atoms with van der Waals surface area (Å²) in [6.07, 6.45) is -1.15. The molecule has 0 aliphatic rings. The minimum absolute atomic E-state index is 0. The molecule has 0 amide bonds. The molecule has 4 aromatic rings. The Morgan fingerprint density at radius 1 is 1.16 bits per heavy atom. The molecule has 0 bridgehead atoms. The number of rotatable bonds is 4. The topological polar surface area (TPSA) is 66.9 Å². The van der Waals surface area contributed by atoms with E-state index in [1.54, 1.807) is 22.9 Å². The van der Waals surface area contributed by atoms with Crippen LogP contribution in [0.3, 0.4) is 0 Å². The molecule has 32 heavy (non-hydrogen) atoms. The molecule has 0 aliphatic carbocycles. The summed E-state index contributed by atoms with van der Waals surface area (Å²) in [5, 5.41) is 10.7. The van der Waals surface area contributed by atoms with Gasteiger partial charge in [0.25, 0.3) is 0 Å². The van der Waals surface area contributed by atoms with Crippen molar-refractivity contribution in [1.29, 1.82) is 0 Å². The van der Waals surface area contributed by atoms with Crippen LogP contribution < -0.4 is 9.84 Å². The molecule has 0 saturated heterocycles. The van der Waals surface area contributed by atoms with Crippen LogP contribution in [0.4, 0.5) is 17.6 Å². The first-order valence-electron chi connectivity index (χ1n) is 9.11. The SMILES string of the molecule is CCOc1cc(F)c[c-]c1-c1ccn(C)n1.FC(F)(F)c1cc(-c2ccccn2)[n-]n1.[Ir]. The Labute approximate surface area is 195 Å². The molecule has 1 aromatic carbocycles. The second-order valence-corrected chi connectivity index (χ2v) is 6.19. The number of aryl methyl sites for hydroxylation is 1. The first-order valence-corrected chi connectivity index (χ1v) is 9.11. The van der Waals surface area contributed by atoms with Crippen LogP contribution in [0.5, 0.6) is 5.75 Å². The van der Waals surface area contributed by atoms with E-state index in [1.165, 1.54) is 18.3 Å². The molecule has 11 heteroatoms. The molecule has 0 aliphatic heterocycles. The summed E-state index contributed by atoms with van der Waals surface area (Å²) in [5.41, 5.74) is 0.918. The second kappa shape index (κ2) is 11.0. The number of halogens is 4. The Balaban J connectivity index is 0.000000220. The van der Waals surface area contributed by atoms with Gasteiger partial charge < -0.3 is 14.9 Å². The molecule has 0 fully saturated rings. The van der Waals surface area contributed by atoms with E-state index in [2.05, 4.69) is 26.3 Å². The Hall–Kier alpha value is -3.04. The first-order chi connectivity index (χ1) is 14.8. The van der Waals surface area contributed by atoms with Gasteiger partial charge in [-0.1, -0.05) is 29.5 Å². The number of aromatic nitrogens is 5. The van der Waals surface area contributed by atoms with Gasteiger partial charge in [0.2, 0.25) is 0 Å². The van der Waals surface area contributed by atoms with Crippen molar-refractivity contribution in [1.82, 2.24) is 25.0 Å². The molecule has 1 radical (unpaired) electrons.